The molecule has 0 aliphatic carbocycles. The minimum atomic E-state index is -0.412. The number of pyridine rings is 2. The standard InChI is InChI=1S/C18H16FN3O/c19-13-3-1-12(2-4-13)18-9-14(23)11-22(18)17-6-8-21-16-5-7-20-10-15(16)17/h1-8,10,14,18,23H,9,11H2/t14-,18+/m0/s1. The number of rotatable bonds is 2. The van der Waals surface area contributed by atoms with E-state index >= 15 is 0 Å². The van der Waals surface area contributed by atoms with Crippen molar-refractivity contribution in [2.75, 3.05) is 11.4 Å². The van der Waals surface area contributed by atoms with E-state index in [2.05, 4.69) is 14.9 Å². The van der Waals surface area contributed by atoms with E-state index in [1.54, 1.807) is 30.7 Å². The van der Waals surface area contributed by atoms with Crippen LogP contribution in [-0.4, -0.2) is 27.7 Å². The van der Waals surface area contributed by atoms with E-state index in [0.717, 1.165) is 22.2 Å². The Morgan fingerprint density at radius 2 is 1.91 bits per heavy atom. The minimum Gasteiger partial charge on any atom is -0.391 e. The molecule has 23 heavy (non-hydrogen) atoms. The second-order valence-electron chi connectivity index (χ2n) is 5.83. The summed E-state index contributed by atoms with van der Waals surface area (Å²) in [5.41, 5.74) is 2.86. The summed E-state index contributed by atoms with van der Waals surface area (Å²) in [4.78, 5) is 10.7. The fourth-order valence-electron chi connectivity index (χ4n) is 3.31. The average molecular weight is 309 g/mol. The van der Waals surface area contributed by atoms with E-state index < -0.39 is 6.10 Å². The zero-order valence-corrected chi connectivity index (χ0v) is 12.4. The molecule has 1 saturated heterocycles. The van der Waals surface area contributed by atoms with Gasteiger partial charge in [-0.05, 0) is 36.2 Å². The summed E-state index contributed by atoms with van der Waals surface area (Å²) >= 11 is 0. The third-order valence-electron chi connectivity index (χ3n) is 4.36. The summed E-state index contributed by atoms with van der Waals surface area (Å²) in [6.07, 6.45) is 5.49. The fourth-order valence-corrected chi connectivity index (χ4v) is 3.31. The van der Waals surface area contributed by atoms with Crippen LogP contribution in [0, 0.1) is 5.82 Å². The number of halogens is 1. The van der Waals surface area contributed by atoms with E-state index in [9.17, 15) is 9.50 Å². The number of aliphatic hydroxyl groups excluding tert-OH is 1. The molecule has 2 atom stereocenters. The Labute approximate surface area is 133 Å². The normalized spacial score (nSPS) is 21.0. The highest BCUT2D eigenvalue weighted by molar-refractivity contribution is 5.91. The molecular weight excluding hydrogens is 293 g/mol. The number of hydrogen-bond acceptors (Lipinski definition) is 4. The van der Waals surface area contributed by atoms with Gasteiger partial charge in [0, 0.05) is 36.2 Å². The van der Waals surface area contributed by atoms with Gasteiger partial charge in [-0.15, -0.1) is 0 Å². The third-order valence-corrected chi connectivity index (χ3v) is 4.36. The highest BCUT2D eigenvalue weighted by atomic mass is 19.1. The summed E-state index contributed by atoms with van der Waals surface area (Å²) < 4.78 is 13.2. The van der Waals surface area contributed by atoms with Crippen LogP contribution in [0.2, 0.25) is 0 Å². The Morgan fingerprint density at radius 3 is 2.74 bits per heavy atom. The van der Waals surface area contributed by atoms with Crippen LogP contribution >= 0.6 is 0 Å². The van der Waals surface area contributed by atoms with Gasteiger partial charge in [0.25, 0.3) is 0 Å². The predicted octanol–water partition coefficient (Wildman–Crippen LogP) is 3.08. The molecule has 0 radical (unpaired) electrons. The molecule has 3 aromatic rings. The number of nitrogens with zero attached hydrogens (tertiary/aromatic N) is 3. The molecule has 1 N–H and O–H groups in total. The second-order valence-corrected chi connectivity index (χ2v) is 5.83. The summed E-state index contributed by atoms with van der Waals surface area (Å²) in [5, 5.41) is 11.1. The maximum Gasteiger partial charge on any atom is 0.123 e. The van der Waals surface area contributed by atoms with Crippen molar-refractivity contribution >= 4 is 16.6 Å². The van der Waals surface area contributed by atoms with E-state index in [0.29, 0.717) is 13.0 Å². The lowest BCUT2D eigenvalue weighted by Gasteiger charge is -2.27. The molecule has 116 valence electrons. The van der Waals surface area contributed by atoms with Gasteiger partial charge in [0.05, 0.1) is 17.7 Å². The lowest BCUT2D eigenvalue weighted by atomic mass is 10.0. The number of aromatic nitrogens is 2. The van der Waals surface area contributed by atoms with Gasteiger partial charge in [0.2, 0.25) is 0 Å². The summed E-state index contributed by atoms with van der Waals surface area (Å²) in [5.74, 6) is -0.252. The predicted molar refractivity (Wildman–Crippen MR) is 86.6 cm³/mol. The van der Waals surface area contributed by atoms with Gasteiger partial charge in [0.15, 0.2) is 0 Å². The monoisotopic (exact) mass is 309 g/mol. The topological polar surface area (TPSA) is 49.2 Å². The lowest BCUT2D eigenvalue weighted by molar-refractivity contribution is 0.194. The van der Waals surface area contributed by atoms with Crippen LogP contribution in [0.3, 0.4) is 0 Å². The summed E-state index contributed by atoms with van der Waals surface area (Å²) in [6.45, 7) is 0.538. The molecule has 1 aliphatic heterocycles. The van der Waals surface area contributed by atoms with Gasteiger partial charge in [0.1, 0.15) is 5.82 Å². The van der Waals surface area contributed by atoms with Crippen molar-refractivity contribution < 1.29 is 9.50 Å². The summed E-state index contributed by atoms with van der Waals surface area (Å²) in [7, 11) is 0. The van der Waals surface area contributed by atoms with Crippen molar-refractivity contribution in [3.63, 3.8) is 0 Å². The SMILES string of the molecule is O[C@H]1C[C@H](c2ccc(F)cc2)N(c2ccnc3ccncc23)C1. The third kappa shape index (κ3) is 2.53. The molecular formula is C18H16FN3O. The maximum atomic E-state index is 13.2. The molecule has 0 spiro atoms. The van der Waals surface area contributed by atoms with Crippen LogP contribution in [0.5, 0.6) is 0 Å². The molecule has 1 aromatic carbocycles. The summed E-state index contributed by atoms with van der Waals surface area (Å²) in [6, 6.07) is 10.3. The Hall–Kier alpha value is -2.53. The number of benzene rings is 1. The van der Waals surface area contributed by atoms with Gasteiger partial charge in [-0.25, -0.2) is 4.39 Å². The van der Waals surface area contributed by atoms with Crippen molar-refractivity contribution in [3.8, 4) is 0 Å². The number of aliphatic hydroxyl groups is 1. The molecule has 2 aromatic heterocycles. The average Bonchev–Trinajstić information content (AvgIpc) is 2.96. The fraction of sp³-hybridized carbons (Fsp3) is 0.222. The first-order chi connectivity index (χ1) is 11.2. The van der Waals surface area contributed by atoms with Gasteiger partial charge in [-0.3, -0.25) is 9.97 Å². The van der Waals surface area contributed by atoms with Crippen LogP contribution in [0.25, 0.3) is 10.9 Å². The molecule has 4 nitrogen and oxygen atoms in total. The zero-order valence-electron chi connectivity index (χ0n) is 12.4. The first-order valence-electron chi connectivity index (χ1n) is 7.61. The van der Waals surface area contributed by atoms with E-state index in [-0.39, 0.29) is 11.9 Å². The highest BCUT2D eigenvalue weighted by Crippen LogP contribution is 2.38. The van der Waals surface area contributed by atoms with Gasteiger partial charge in [-0.2, -0.15) is 0 Å². The number of β-amino-alcohol motifs (C(OH)–C–C–N with tert-alkyl or cyclic N) is 1. The Morgan fingerprint density at radius 1 is 1.09 bits per heavy atom. The maximum absolute atomic E-state index is 13.2. The van der Waals surface area contributed by atoms with Crippen molar-refractivity contribution in [2.45, 2.75) is 18.6 Å². The van der Waals surface area contributed by atoms with Crippen molar-refractivity contribution in [2.24, 2.45) is 0 Å². The Balaban J connectivity index is 1.80. The largest absolute Gasteiger partial charge is 0.391 e. The lowest BCUT2D eigenvalue weighted by Crippen LogP contribution is -2.24. The Bertz CT molecular complexity index is 832. The molecule has 1 fully saturated rings. The molecule has 0 unspecified atom stereocenters. The van der Waals surface area contributed by atoms with Crippen molar-refractivity contribution in [1.82, 2.24) is 9.97 Å². The Kier molecular flexibility index (Phi) is 3.42. The zero-order chi connectivity index (χ0) is 15.8. The molecule has 3 heterocycles. The molecule has 1 aliphatic rings. The van der Waals surface area contributed by atoms with E-state index in [1.165, 1.54) is 12.1 Å². The molecule has 0 bridgehead atoms. The minimum absolute atomic E-state index is 0.0106. The van der Waals surface area contributed by atoms with Crippen LogP contribution in [0.1, 0.15) is 18.0 Å². The first kappa shape index (κ1) is 14.1. The van der Waals surface area contributed by atoms with Crippen molar-refractivity contribution in [1.29, 1.82) is 0 Å². The number of hydrogen-bond donors (Lipinski definition) is 1. The van der Waals surface area contributed by atoms with Crippen molar-refractivity contribution in [3.05, 3.63) is 66.4 Å². The van der Waals surface area contributed by atoms with E-state index in [1.807, 2.05) is 12.1 Å². The highest BCUT2D eigenvalue weighted by Gasteiger charge is 2.33. The van der Waals surface area contributed by atoms with Crippen LogP contribution in [0.4, 0.5) is 10.1 Å². The molecule has 4 rings (SSSR count). The smallest absolute Gasteiger partial charge is 0.123 e. The van der Waals surface area contributed by atoms with Gasteiger partial charge < -0.3 is 10.0 Å². The molecule has 5 heteroatoms. The van der Waals surface area contributed by atoms with Crippen LogP contribution in [0.15, 0.2) is 55.0 Å². The molecule has 0 saturated carbocycles. The van der Waals surface area contributed by atoms with Gasteiger partial charge >= 0.3 is 0 Å². The first-order valence-corrected chi connectivity index (χ1v) is 7.61. The van der Waals surface area contributed by atoms with E-state index in [4.69, 9.17) is 0 Å². The second kappa shape index (κ2) is 5.59. The van der Waals surface area contributed by atoms with Crippen LogP contribution in [-0.2, 0) is 0 Å². The number of anilines is 1. The number of fused-ring (bicyclic) bond motifs is 1. The van der Waals surface area contributed by atoms with Crippen LogP contribution < -0.4 is 4.90 Å². The van der Waals surface area contributed by atoms with Gasteiger partial charge in [-0.1, -0.05) is 12.1 Å². The quantitative estimate of drug-likeness (QED) is 0.790. The molecule has 0 amide bonds.